The molecule has 4 heteroatoms. The van der Waals surface area contributed by atoms with E-state index in [9.17, 15) is 4.79 Å². The van der Waals surface area contributed by atoms with Gasteiger partial charge in [-0.25, -0.2) is 4.79 Å². The molecule has 3 nitrogen and oxygen atoms in total. The molecule has 1 unspecified atom stereocenters. The van der Waals surface area contributed by atoms with E-state index in [1.165, 1.54) is 12.0 Å². The van der Waals surface area contributed by atoms with E-state index >= 15 is 0 Å². The first-order valence-electron chi connectivity index (χ1n) is 5.64. The van der Waals surface area contributed by atoms with Gasteiger partial charge in [-0.15, -0.1) is 11.3 Å². The third-order valence-corrected chi connectivity index (χ3v) is 3.37. The number of rotatable bonds is 6. The minimum Gasteiger partial charge on any atom is -0.466 e. The smallest absolute Gasteiger partial charge is 0.333 e. The molecule has 0 saturated carbocycles. The van der Waals surface area contributed by atoms with Gasteiger partial charge in [0.15, 0.2) is 0 Å². The van der Waals surface area contributed by atoms with Crippen LogP contribution < -0.4 is 5.32 Å². The van der Waals surface area contributed by atoms with Crippen molar-refractivity contribution in [2.75, 3.05) is 13.7 Å². The van der Waals surface area contributed by atoms with Gasteiger partial charge >= 0.3 is 5.97 Å². The summed E-state index contributed by atoms with van der Waals surface area (Å²) in [5.74, 6) is -0.266. The molecular weight excluding hydrogens is 234 g/mol. The van der Waals surface area contributed by atoms with Crippen LogP contribution >= 0.6 is 11.3 Å². The van der Waals surface area contributed by atoms with Crippen LogP contribution in [0.25, 0.3) is 0 Å². The van der Waals surface area contributed by atoms with Crippen LogP contribution in [0.1, 0.15) is 18.7 Å². The number of methoxy groups -OCH3 is 1. The number of thiophene rings is 1. The predicted molar refractivity (Wildman–Crippen MR) is 71.3 cm³/mol. The van der Waals surface area contributed by atoms with Gasteiger partial charge in [-0.05, 0) is 31.7 Å². The van der Waals surface area contributed by atoms with Crippen molar-refractivity contribution in [1.82, 2.24) is 5.32 Å². The number of hydrogen-bond donors (Lipinski definition) is 1. The average Bonchev–Trinajstić information content (AvgIpc) is 2.80. The zero-order valence-electron chi connectivity index (χ0n) is 10.5. The molecule has 17 heavy (non-hydrogen) atoms. The molecule has 1 aromatic rings. The Labute approximate surface area is 106 Å². The quantitative estimate of drug-likeness (QED) is 0.625. The van der Waals surface area contributed by atoms with Gasteiger partial charge in [-0.3, -0.25) is 0 Å². The largest absolute Gasteiger partial charge is 0.466 e. The Hall–Kier alpha value is -1.13. The van der Waals surface area contributed by atoms with Crippen molar-refractivity contribution in [3.05, 3.63) is 34.0 Å². The van der Waals surface area contributed by atoms with Crippen LogP contribution in [0.15, 0.2) is 29.2 Å². The molecule has 0 radical (unpaired) electrons. The van der Waals surface area contributed by atoms with Gasteiger partial charge < -0.3 is 10.1 Å². The summed E-state index contributed by atoms with van der Waals surface area (Å²) in [6, 6.07) is 4.60. The Balaban J connectivity index is 2.29. The Kier molecular flexibility index (Phi) is 5.94. The van der Waals surface area contributed by atoms with Gasteiger partial charge in [0.2, 0.25) is 0 Å². The molecule has 1 atom stereocenters. The third kappa shape index (κ3) is 5.15. The minimum atomic E-state index is -0.266. The first kappa shape index (κ1) is 13.9. The highest BCUT2D eigenvalue weighted by atomic mass is 32.1. The van der Waals surface area contributed by atoms with Crippen LogP contribution in [-0.2, 0) is 16.0 Å². The molecular formula is C13H19NO2S. The molecule has 0 spiro atoms. The van der Waals surface area contributed by atoms with Crippen molar-refractivity contribution in [2.24, 2.45) is 0 Å². The fraction of sp³-hybridized carbons (Fsp3) is 0.462. The van der Waals surface area contributed by atoms with Crippen LogP contribution in [-0.4, -0.2) is 25.7 Å². The molecule has 0 fully saturated rings. The SMILES string of the molecule is COC(=O)/C(C)=C/CNC(C)Cc1cccs1. The summed E-state index contributed by atoms with van der Waals surface area (Å²) in [5.41, 5.74) is 0.642. The number of carbonyl (C=O) groups is 1. The number of hydrogen-bond acceptors (Lipinski definition) is 4. The summed E-state index contributed by atoms with van der Waals surface area (Å²) in [6.07, 6.45) is 2.87. The van der Waals surface area contributed by atoms with Crippen molar-refractivity contribution in [3.8, 4) is 0 Å². The highest BCUT2D eigenvalue weighted by Gasteiger charge is 2.04. The lowest BCUT2D eigenvalue weighted by atomic mass is 10.2. The van der Waals surface area contributed by atoms with Crippen LogP contribution in [0, 0.1) is 0 Å². The van der Waals surface area contributed by atoms with Crippen molar-refractivity contribution in [2.45, 2.75) is 26.3 Å². The van der Waals surface area contributed by atoms with Crippen molar-refractivity contribution in [1.29, 1.82) is 0 Å². The molecule has 0 aromatic carbocycles. The average molecular weight is 253 g/mol. The summed E-state index contributed by atoms with van der Waals surface area (Å²) in [7, 11) is 1.40. The Morgan fingerprint density at radius 2 is 2.41 bits per heavy atom. The van der Waals surface area contributed by atoms with E-state index < -0.39 is 0 Å². The fourth-order valence-electron chi connectivity index (χ4n) is 1.46. The summed E-state index contributed by atoms with van der Waals surface area (Å²) in [5, 5.41) is 5.44. The summed E-state index contributed by atoms with van der Waals surface area (Å²) in [6.45, 7) is 4.59. The van der Waals surface area contributed by atoms with Crippen molar-refractivity contribution >= 4 is 17.3 Å². The van der Waals surface area contributed by atoms with Crippen LogP contribution in [0.4, 0.5) is 0 Å². The van der Waals surface area contributed by atoms with E-state index in [1.54, 1.807) is 18.3 Å². The maximum Gasteiger partial charge on any atom is 0.333 e. The van der Waals surface area contributed by atoms with Crippen LogP contribution in [0.5, 0.6) is 0 Å². The molecule has 1 aromatic heterocycles. The van der Waals surface area contributed by atoms with Gasteiger partial charge in [0.1, 0.15) is 0 Å². The molecule has 1 N–H and O–H groups in total. The monoisotopic (exact) mass is 253 g/mol. The molecule has 0 aliphatic heterocycles. The number of esters is 1. The third-order valence-electron chi connectivity index (χ3n) is 2.47. The summed E-state index contributed by atoms with van der Waals surface area (Å²) < 4.78 is 4.62. The molecule has 0 aliphatic carbocycles. The van der Waals surface area contributed by atoms with E-state index in [4.69, 9.17) is 0 Å². The maximum absolute atomic E-state index is 11.1. The molecule has 0 aliphatic rings. The normalized spacial score (nSPS) is 13.5. The van der Waals surface area contributed by atoms with E-state index in [1.807, 2.05) is 6.08 Å². The Morgan fingerprint density at radius 1 is 1.65 bits per heavy atom. The second-order valence-electron chi connectivity index (χ2n) is 3.97. The number of ether oxygens (including phenoxy) is 1. The Morgan fingerprint density at radius 3 is 3.00 bits per heavy atom. The first-order chi connectivity index (χ1) is 8.13. The van der Waals surface area contributed by atoms with Gasteiger partial charge in [-0.2, -0.15) is 0 Å². The maximum atomic E-state index is 11.1. The van der Waals surface area contributed by atoms with Crippen LogP contribution in [0.3, 0.4) is 0 Å². The standard InChI is InChI=1S/C13H19NO2S/c1-10(13(15)16-3)6-7-14-11(2)9-12-5-4-8-17-12/h4-6,8,11,14H,7,9H2,1-3H3/b10-6+. The zero-order valence-corrected chi connectivity index (χ0v) is 11.3. The Bertz CT molecular complexity index is 371. The van der Waals surface area contributed by atoms with Gasteiger partial charge in [0.05, 0.1) is 7.11 Å². The predicted octanol–water partition coefficient (Wildman–Crippen LogP) is 2.39. The van der Waals surface area contributed by atoms with Gasteiger partial charge in [-0.1, -0.05) is 12.1 Å². The lowest BCUT2D eigenvalue weighted by Crippen LogP contribution is -2.28. The van der Waals surface area contributed by atoms with E-state index in [0.717, 1.165) is 6.42 Å². The lowest BCUT2D eigenvalue weighted by Gasteiger charge is -2.11. The fourth-order valence-corrected chi connectivity index (χ4v) is 2.30. The molecule has 1 rings (SSSR count). The van der Waals surface area contributed by atoms with E-state index in [0.29, 0.717) is 18.2 Å². The first-order valence-corrected chi connectivity index (χ1v) is 6.52. The topological polar surface area (TPSA) is 38.3 Å². The van der Waals surface area contributed by atoms with Gasteiger partial charge in [0.25, 0.3) is 0 Å². The van der Waals surface area contributed by atoms with Crippen LogP contribution in [0.2, 0.25) is 0 Å². The molecule has 0 saturated heterocycles. The molecule has 1 heterocycles. The van der Waals surface area contributed by atoms with Crippen molar-refractivity contribution in [3.63, 3.8) is 0 Å². The molecule has 94 valence electrons. The number of nitrogens with one attached hydrogen (secondary N) is 1. The minimum absolute atomic E-state index is 0.266. The lowest BCUT2D eigenvalue weighted by molar-refractivity contribution is -0.136. The summed E-state index contributed by atoms with van der Waals surface area (Å²) in [4.78, 5) is 12.5. The van der Waals surface area contributed by atoms with E-state index in [-0.39, 0.29) is 5.97 Å². The second-order valence-corrected chi connectivity index (χ2v) is 5.00. The highest BCUT2D eigenvalue weighted by Crippen LogP contribution is 2.10. The molecule has 0 bridgehead atoms. The summed E-state index contributed by atoms with van der Waals surface area (Å²) >= 11 is 1.77. The highest BCUT2D eigenvalue weighted by molar-refractivity contribution is 7.09. The van der Waals surface area contributed by atoms with E-state index in [2.05, 4.69) is 34.5 Å². The second kappa shape index (κ2) is 7.25. The number of carbonyl (C=O) groups excluding carboxylic acids is 1. The molecule has 0 amide bonds. The van der Waals surface area contributed by atoms with Crippen molar-refractivity contribution < 1.29 is 9.53 Å². The van der Waals surface area contributed by atoms with Gasteiger partial charge in [0, 0.05) is 23.0 Å². The zero-order chi connectivity index (χ0) is 12.7.